The van der Waals surface area contributed by atoms with E-state index in [9.17, 15) is 15.0 Å². The van der Waals surface area contributed by atoms with Gasteiger partial charge >= 0.3 is 0 Å². The highest BCUT2D eigenvalue weighted by molar-refractivity contribution is 5.99. The topological polar surface area (TPSA) is 95.6 Å². The fourth-order valence-electron chi connectivity index (χ4n) is 2.77. The molecule has 1 fully saturated rings. The molecule has 0 bridgehead atoms. The van der Waals surface area contributed by atoms with Gasteiger partial charge in [0.2, 0.25) is 0 Å². The number of nitrogens with one attached hydrogen (secondary N) is 1. The molecule has 0 radical (unpaired) electrons. The molecule has 1 aromatic carbocycles. The van der Waals surface area contributed by atoms with Gasteiger partial charge in [-0.15, -0.1) is 0 Å². The van der Waals surface area contributed by atoms with Gasteiger partial charge in [-0.1, -0.05) is 12.5 Å². The summed E-state index contributed by atoms with van der Waals surface area (Å²) in [5, 5.41) is 22.0. The van der Waals surface area contributed by atoms with Crippen molar-refractivity contribution in [2.75, 3.05) is 13.1 Å². The van der Waals surface area contributed by atoms with Crippen LogP contribution in [-0.2, 0) is 0 Å². The quantitative estimate of drug-likeness (QED) is 0.657. The molecule has 19 heavy (non-hydrogen) atoms. The van der Waals surface area contributed by atoms with Crippen LogP contribution in [0.25, 0.3) is 0 Å². The number of hydrogen-bond acceptors (Lipinski definition) is 4. The van der Waals surface area contributed by atoms with E-state index < -0.39 is 5.91 Å². The number of phenolic OH excluding ortho intramolecular Hbond substituents is 2. The van der Waals surface area contributed by atoms with Crippen LogP contribution in [0, 0.1) is 11.8 Å². The highest BCUT2D eigenvalue weighted by Crippen LogP contribution is 2.31. The summed E-state index contributed by atoms with van der Waals surface area (Å²) in [6, 6.07) is 4.25. The molecule has 0 saturated heterocycles. The van der Waals surface area contributed by atoms with E-state index in [1.54, 1.807) is 0 Å². The third-order valence-electron chi connectivity index (χ3n) is 3.89. The summed E-state index contributed by atoms with van der Waals surface area (Å²) in [6.07, 6.45) is 3.32. The number of rotatable bonds is 4. The largest absolute Gasteiger partial charge is 0.507 e. The molecular formula is C14H20N2O3. The Balaban J connectivity index is 1.98. The van der Waals surface area contributed by atoms with E-state index in [2.05, 4.69) is 5.32 Å². The molecule has 0 aromatic heterocycles. The van der Waals surface area contributed by atoms with Crippen LogP contribution in [0.15, 0.2) is 18.2 Å². The molecule has 104 valence electrons. The van der Waals surface area contributed by atoms with Crippen LogP contribution in [0.3, 0.4) is 0 Å². The molecule has 1 aliphatic rings. The highest BCUT2D eigenvalue weighted by atomic mass is 16.3. The Kier molecular flexibility index (Phi) is 4.27. The zero-order valence-electron chi connectivity index (χ0n) is 10.8. The first kappa shape index (κ1) is 13.7. The number of nitrogens with two attached hydrogens (primary N) is 1. The summed E-state index contributed by atoms with van der Waals surface area (Å²) >= 11 is 0. The van der Waals surface area contributed by atoms with E-state index in [0.717, 1.165) is 19.3 Å². The Labute approximate surface area is 112 Å². The molecule has 1 aromatic rings. The standard InChI is InChI=1S/C14H20N2O3/c15-7-9-3-1-4-10(9)8-16-14(19)13-11(17)5-2-6-12(13)18/h2,5-6,9-10,17-18H,1,3-4,7-8,15H2,(H,16,19). The monoisotopic (exact) mass is 264 g/mol. The van der Waals surface area contributed by atoms with Gasteiger partial charge in [0.25, 0.3) is 5.91 Å². The second-order valence-electron chi connectivity index (χ2n) is 5.07. The summed E-state index contributed by atoms with van der Waals surface area (Å²) in [5.74, 6) is -0.0166. The van der Waals surface area contributed by atoms with Gasteiger partial charge in [0.1, 0.15) is 17.1 Å². The number of benzene rings is 1. The fraction of sp³-hybridized carbons (Fsp3) is 0.500. The van der Waals surface area contributed by atoms with Gasteiger partial charge in [0.05, 0.1) is 0 Å². The molecular weight excluding hydrogens is 244 g/mol. The van der Waals surface area contributed by atoms with Gasteiger partial charge < -0.3 is 21.3 Å². The zero-order chi connectivity index (χ0) is 13.8. The molecule has 2 rings (SSSR count). The molecule has 5 nitrogen and oxygen atoms in total. The van der Waals surface area contributed by atoms with E-state index in [-0.39, 0.29) is 17.1 Å². The molecule has 2 unspecified atom stereocenters. The van der Waals surface area contributed by atoms with E-state index >= 15 is 0 Å². The van der Waals surface area contributed by atoms with Crippen molar-refractivity contribution >= 4 is 5.91 Å². The maximum atomic E-state index is 12.0. The molecule has 2 atom stereocenters. The summed E-state index contributed by atoms with van der Waals surface area (Å²) < 4.78 is 0. The van der Waals surface area contributed by atoms with E-state index in [1.807, 2.05) is 0 Å². The van der Waals surface area contributed by atoms with Crippen LogP contribution in [0.5, 0.6) is 11.5 Å². The molecule has 5 heteroatoms. The van der Waals surface area contributed by atoms with Crippen LogP contribution >= 0.6 is 0 Å². The average Bonchev–Trinajstić information content (AvgIpc) is 2.83. The first-order chi connectivity index (χ1) is 9.13. The number of hydrogen-bond donors (Lipinski definition) is 4. The Morgan fingerprint density at radius 1 is 1.26 bits per heavy atom. The third-order valence-corrected chi connectivity index (χ3v) is 3.89. The maximum Gasteiger partial charge on any atom is 0.258 e. The van der Waals surface area contributed by atoms with Gasteiger partial charge in [-0.3, -0.25) is 4.79 Å². The summed E-state index contributed by atoms with van der Waals surface area (Å²) in [6.45, 7) is 1.18. The smallest absolute Gasteiger partial charge is 0.258 e. The Morgan fingerprint density at radius 2 is 1.89 bits per heavy atom. The van der Waals surface area contributed by atoms with Crippen molar-refractivity contribution in [2.45, 2.75) is 19.3 Å². The molecule has 0 aliphatic heterocycles. The van der Waals surface area contributed by atoms with Crippen LogP contribution in [-0.4, -0.2) is 29.2 Å². The second kappa shape index (κ2) is 5.93. The normalized spacial score (nSPS) is 22.4. The number of aromatic hydroxyl groups is 2. The van der Waals surface area contributed by atoms with Crippen molar-refractivity contribution in [2.24, 2.45) is 17.6 Å². The lowest BCUT2D eigenvalue weighted by atomic mass is 9.96. The molecule has 0 spiro atoms. The van der Waals surface area contributed by atoms with Gasteiger partial charge in [0, 0.05) is 6.54 Å². The minimum atomic E-state index is -0.446. The van der Waals surface area contributed by atoms with Crippen LogP contribution < -0.4 is 11.1 Å². The molecule has 5 N–H and O–H groups in total. The lowest BCUT2D eigenvalue weighted by Crippen LogP contribution is -2.32. The summed E-state index contributed by atoms with van der Waals surface area (Å²) in [4.78, 5) is 12.0. The Morgan fingerprint density at radius 3 is 2.53 bits per heavy atom. The number of carbonyl (C=O) groups excluding carboxylic acids is 1. The van der Waals surface area contributed by atoms with Crippen LogP contribution in [0.1, 0.15) is 29.6 Å². The zero-order valence-corrected chi connectivity index (χ0v) is 10.8. The van der Waals surface area contributed by atoms with E-state index in [4.69, 9.17) is 5.73 Å². The number of carbonyl (C=O) groups is 1. The van der Waals surface area contributed by atoms with Crippen molar-refractivity contribution in [1.29, 1.82) is 0 Å². The maximum absolute atomic E-state index is 12.0. The van der Waals surface area contributed by atoms with Gasteiger partial charge in [-0.05, 0) is 43.4 Å². The molecule has 1 amide bonds. The van der Waals surface area contributed by atoms with Crippen LogP contribution in [0.4, 0.5) is 0 Å². The summed E-state index contributed by atoms with van der Waals surface area (Å²) in [5.41, 5.74) is 5.63. The van der Waals surface area contributed by atoms with Gasteiger partial charge in [-0.2, -0.15) is 0 Å². The fourth-order valence-corrected chi connectivity index (χ4v) is 2.77. The average molecular weight is 264 g/mol. The first-order valence-electron chi connectivity index (χ1n) is 6.62. The van der Waals surface area contributed by atoms with E-state index in [1.165, 1.54) is 18.2 Å². The van der Waals surface area contributed by atoms with Gasteiger partial charge in [-0.25, -0.2) is 0 Å². The number of amides is 1. The third kappa shape index (κ3) is 2.98. The van der Waals surface area contributed by atoms with Crippen molar-refractivity contribution < 1.29 is 15.0 Å². The lowest BCUT2D eigenvalue weighted by Gasteiger charge is -2.18. The highest BCUT2D eigenvalue weighted by Gasteiger charge is 2.27. The van der Waals surface area contributed by atoms with E-state index in [0.29, 0.717) is 24.9 Å². The SMILES string of the molecule is NCC1CCCC1CNC(=O)c1c(O)cccc1O. The lowest BCUT2D eigenvalue weighted by molar-refractivity contribution is 0.0938. The molecule has 1 aliphatic carbocycles. The predicted molar refractivity (Wildman–Crippen MR) is 72.0 cm³/mol. The number of phenols is 2. The molecule has 0 heterocycles. The second-order valence-corrected chi connectivity index (χ2v) is 5.07. The van der Waals surface area contributed by atoms with Gasteiger partial charge in [0.15, 0.2) is 0 Å². The Bertz CT molecular complexity index is 442. The van der Waals surface area contributed by atoms with Crippen molar-refractivity contribution in [3.63, 3.8) is 0 Å². The van der Waals surface area contributed by atoms with Crippen molar-refractivity contribution in [3.8, 4) is 11.5 Å². The minimum Gasteiger partial charge on any atom is -0.507 e. The predicted octanol–water partition coefficient (Wildman–Crippen LogP) is 1.20. The minimum absolute atomic E-state index is 0.0650. The molecule has 1 saturated carbocycles. The Hall–Kier alpha value is -1.75. The van der Waals surface area contributed by atoms with Crippen molar-refractivity contribution in [3.05, 3.63) is 23.8 Å². The first-order valence-corrected chi connectivity index (χ1v) is 6.62. The van der Waals surface area contributed by atoms with Crippen LogP contribution in [0.2, 0.25) is 0 Å². The summed E-state index contributed by atoms with van der Waals surface area (Å²) in [7, 11) is 0. The van der Waals surface area contributed by atoms with Crippen molar-refractivity contribution in [1.82, 2.24) is 5.32 Å².